The normalized spacial score (nSPS) is 20.0. The zero-order valence-corrected chi connectivity index (χ0v) is 14.8. The van der Waals surface area contributed by atoms with E-state index >= 15 is 0 Å². The molecule has 0 aromatic heterocycles. The van der Waals surface area contributed by atoms with Crippen LogP contribution in [0.25, 0.3) is 0 Å². The number of likely N-dealkylation sites (tertiary alicyclic amines) is 1. The van der Waals surface area contributed by atoms with Crippen LogP contribution in [-0.2, 0) is 10.0 Å². The van der Waals surface area contributed by atoms with Gasteiger partial charge in [-0.05, 0) is 51.4 Å². The average Bonchev–Trinajstić information content (AvgIpc) is 2.48. The number of benzene rings is 1. The predicted molar refractivity (Wildman–Crippen MR) is 88.0 cm³/mol. The van der Waals surface area contributed by atoms with Crippen LogP contribution in [0.4, 0.5) is 5.69 Å². The van der Waals surface area contributed by atoms with Crippen LogP contribution < -0.4 is 0 Å². The van der Waals surface area contributed by atoms with Crippen molar-refractivity contribution in [3.05, 3.63) is 33.4 Å². The Bertz CT molecular complexity index is 718. The van der Waals surface area contributed by atoms with E-state index in [4.69, 9.17) is 0 Å². The van der Waals surface area contributed by atoms with Gasteiger partial charge < -0.3 is 4.90 Å². The Morgan fingerprint density at radius 3 is 2.57 bits per heavy atom. The van der Waals surface area contributed by atoms with E-state index in [0.717, 1.165) is 24.9 Å². The van der Waals surface area contributed by atoms with Gasteiger partial charge in [0.25, 0.3) is 5.69 Å². The monoisotopic (exact) mass is 341 g/mol. The maximum Gasteiger partial charge on any atom is 0.289 e. The molecule has 128 valence electrons. The molecule has 1 aromatic carbocycles. The fourth-order valence-electron chi connectivity index (χ4n) is 3.02. The molecule has 1 aromatic rings. The third-order valence-corrected chi connectivity index (χ3v) is 6.69. The first-order valence-electron chi connectivity index (χ1n) is 7.57. The number of nitro benzene ring substituents is 1. The Balaban J connectivity index is 2.51. The Kier molecular flexibility index (Phi) is 5.07. The summed E-state index contributed by atoms with van der Waals surface area (Å²) in [5, 5.41) is 11.3. The van der Waals surface area contributed by atoms with Gasteiger partial charge in [0, 0.05) is 25.7 Å². The van der Waals surface area contributed by atoms with Gasteiger partial charge in [0.15, 0.2) is 4.90 Å². The van der Waals surface area contributed by atoms with E-state index < -0.39 is 14.9 Å². The van der Waals surface area contributed by atoms with Gasteiger partial charge >= 0.3 is 0 Å². The molecule has 0 radical (unpaired) electrons. The quantitative estimate of drug-likeness (QED) is 0.617. The fraction of sp³-hybridized carbons (Fsp3) is 0.600. The molecule has 1 aliphatic rings. The largest absolute Gasteiger partial charge is 0.305 e. The molecule has 1 aliphatic heterocycles. The van der Waals surface area contributed by atoms with Crippen LogP contribution in [0.5, 0.6) is 0 Å². The molecule has 23 heavy (non-hydrogen) atoms. The summed E-state index contributed by atoms with van der Waals surface area (Å²) < 4.78 is 27.4. The maximum atomic E-state index is 13.0. The molecule has 0 unspecified atom stereocenters. The minimum absolute atomic E-state index is 0.168. The number of hydrogen-bond acceptors (Lipinski definition) is 5. The fourth-order valence-corrected chi connectivity index (χ4v) is 4.83. The van der Waals surface area contributed by atoms with Crippen molar-refractivity contribution in [2.45, 2.75) is 37.6 Å². The zero-order chi connectivity index (χ0) is 17.4. The predicted octanol–water partition coefficient (Wildman–Crippen LogP) is 1.93. The molecule has 7 nitrogen and oxygen atoms in total. The van der Waals surface area contributed by atoms with Gasteiger partial charge in [-0.1, -0.05) is 6.07 Å². The lowest BCUT2D eigenvalue weighted by Gasteiger charge is -2.35. The molecule has 0 N–H and O–H groups in total. The molecule has 1 atom stereocenters. The summed E-state index contributed by atoms with van der Waals surface area (Å²) in [6.07, 6.45) is 1.68. The number of likely N-dealkylation sites (N-methyl/N-ethyl adjacent to an activating group) is 2. The highest BCUT2D eigenvalue weighted by atomic mass is 32.2. The molecular weight excluding hydrogens is 318 g/mol. The van der Waals surface area contributed by atoms with Crippen molar-refractivity contribution in [1.29, 1.82) is 0 Å². The van der Waals surface area contributed by atoms with Gasteiger partial charge in [-0.15, -0.1) is 0 Å². The Morgan fingerprint density at radius 1 is 1.35 bits per heavy atom. The molecule has 0 aliphatic carbocycles. The third-order valence-electron chi connectivity index (χ3n) is 4.60. The van der Waals surface area contributed by atoms with Crippen LogP contribution in [0.2, 0.25) is 0 Å². The summed E-state index contributed by atoms with van der Waals surface area (Å²) in [4.78, 5) is 12.6. The first-order valence-corrected chi connectivity index (χ1v) is 9.01. The number of piperidine rings is 1. The molecule has 1 heterocycles. The minimum atomic E-state index is -3.93. The lowest BCUT2D eigenvalue weighted by Crippen LogP contribution is -2.47. The van der Waals surface area contributed by atoms with Crippen LogP contribution in [-0.4, -0.2) is 55.8 Å². The van der Waals surface area contributed by atoms with Gasteiger partial charge in [-0.2, -0.15) is 4.31 Å². The second-order valence-corrected chi connectivity index (χ2v) is 8.13. The second kappa shape index (κ2) is 6.54. The van der Waals surface area contributed by atoms with Crippen molar-refractivity contribution in [2.24, 2.45) is 0 Å². The summed E-state index contributed by atoms with van der Waals surface area (Å²) in [6.45, 7) is 4.95. The van der Waals surface area contributed by atoms with Crippen molar-refractivity contribution in [3.63, 3.8) is 0 Å². The van der Waals surface area contributed by atoms with Crippen molar-refractivity contribution < 1.29 is 13.3 Å². The van der Waals surface area contributed by atoms with E-state index in [0.29, 0.717) is 12.1 Å². The highest BCUT2D eigenvalue weighted by Gasteiger charge is 2.36. The molecule has 1 fully saturated rings. The Morgan fingerprint density at radius 2 is 2.00 bits per heavy atom. The zero-order valence-electron chi connectivity index (χ0n) is 13.9. The molecule has 0 bridgehead atoms. The van der Waals surface area contributed by atoms with Gasteiger partial charge in [0.2, 0.25) is 10.0 Å². The molecule has 8 heteroatoms. The SMILES string of the molecule is Cc1ccc([N+](=O)[O-])c(S(=O)(=O)N(C)[C@@H]2CCCN(C)C2)c1C. The van der Waals surface area contributed by atoms with Gasteiger partial charge in [-0.25, -0.2) is 8.42 Å². The molecule has 1 saturated heterocycles. The maximum absolute atomic E-state index is 13.0. The second-order valence-electron chi connectivity index (χ2n) is 6.19. The summed E-state index contributed by atoms with van der Waals surface area (Å²) in [5.41, 5.74) is 0.808. The Labute approximate surface area is 137 Å². The summed E-state index contributed by atoms with van der Waals surface area (Å²) >= 11 is 0. The molecule has 0 spiro atoms. The van der Waals surface area contributed by atoms with Crippen LogP contribution in [0.3, 0.4) is 0 Å². The van der Waals surface area contributed by atoms with Crippen LogP contribution >= 0.6 is 0 Å². The highest BCUT2D eigenvalue weighted by Crippen LogP contribution is 2.33. The summed E-state index contributed by atoms with van der Waals surface area (Å²) in [6, 6.07) is 2.69. The van der Waals surface area contributed by atoms with E-state index in [-0.39, 0.29) is 16.6 Å². The summed E-state index contributed by atoms with van der Waals surface area (Å²) in [5.74, 6) is 0. The van der Waals surface area contributed by atoms with Crippen molar-refractivity contribution in [3.8, 4) is 0 Å². The number of nitrogens with zero attached hydrogens (tertiary/aromatic N) is 3. The first-order chi connectivity index (χ1) is 10.7. The van der Waals surface area contributed by atoms with Crippen molar-refractivity contribution in [2.75, 3.05) is 27.2 Å². The van der Waals surface area contributed by atoms with Crippen LogP contribution in [0.15, 0.2) is 17.0 Å². The topological polar surface area (TPSA) is 83.8 Å². The number of sulfonamides is 1. The van der Waals surface area contributed by atoms with E-state index in [9.17, 15) is 18.5 Å². The summed E-state index contributed by atoms with van der Waals surface area (Å²) in [7, 11) is -0.456. The van der Waals surface area contributed by atoms with Crippen LogP contribution in [0, 0.1) is 24.0 Å². The Hall–Kier alpha value is -1.51. The third kappa shape index (κ3) is 3.39. The number of rotatable bonds is 4. The van der Waals surface area contributed by atoms with Gasteiger partial charge in [0.1, 0.15) is 0 Å². The standard InChI is InChI=1S/C15H23N3O4S/c1-11-7-8-14(18(19)20)15(12(11)2)23(21,22)17(4)13-6-5-9-16(3)10-13/h7-8,13H,5-6,9-10H2,1-4H3/t13-/m1/s1. The van der Waals surface area contributed by atoms with Crippen molar-refractivity contribution >= 4 is 15.7 Å². The number of nitro groups is 1. The van der Waals surface area contributed by atoms with E-state index in [1.54, 1.807) is 19.9 Å². The number of hydrogen-bond donors (Lipinski definition) is 0. The molecule has 0 amide bonds. The lowest BCUT2D eigenvalue weighted by atomic mass is 10.1. The molecular formula is C15H23N3O4S. The van der Waals surface area contributed by atoms with E-state index in [2.05, 4.69) is 4.90 Å². The van der Waals surface area contributed by atoms with E-state index in [1.807, 2.05) is 7.05 Å². The first kappa shape index (κ1) is 17.8. The van der Waals surface area contributed by atoms with Gasteiger partial charge in [-0.3, -0.25) is 10.1 Å². The smallest absolute Gasteiger partial charge is 0.289 e. The van der Waals surface area contributed by atoms with Crippen LogP contribution in [0.1, 0.15) is 24.0 Å². The molecule has 2 rings (SSSR count). The van der Waals surface area contributed by atoms with E-state index in [1.165, 1.54) is 17.4 Å². The molecule has 0 saturated carbocycles. The average molecular weight is 341 g/mol. The highest BCUT2D eigenvalue weighted by molar-refractivity contribution is 7.89. The lowest BCUT2D eigenvalue weighted by molar-refractivity contribution is -0.388. The van der Waals surface area contributed by atoms with Crippen molar-refractivity contribution in [1.82, 2.24) is 9.21 Å². The number of aryl methyl sites for hydroxylation is 1. The minimum Gasteiger partial charge on any atom is -0.305 e. The van der Waals surface area contributed by atoms with Gasteiger partial charge in [0.05, 0.1) is 4.92 Å².